The molecule has 3 amide bonds. The van der Waals surface area contributed by atoms with E-state index in [1.807, 2.05) is 36.4 Å². The van der Waals surface area contributed by atoms with Gasteiger partial charge in [0.2, 0.25) is 5.91 Å². The zero-order chi connectivity index (χ0) is 23.8. The monoisotopic (exact) mass is 479 g/mol. The lowest BCUT2D eigenvalue weighted by Gasteiger charge is -2.35. The van der Waals surface area contributed by atoms with Crippen LogP contribution < -0.4 is 5.32 Å². The summed E-state index contributed by atoms with van der Waals surface area (Å²) in [7, 11) is 0. The zero-order valence-corrected chi connectivity index (χ0v) is 19.1. The van der Waals surface area contributed by atoms with Crippen LogP contribution >= 0.6 is 11.6 Å². The minimum atomic E-state index is -0.503. The number of piperazine rings is 1. The van der Waals surface area contributed by atoms with Crippen LogP contribution in [-0.4, -0.2) is 53.7 Å². The second kappa shape index (κ2) is 9.06. The first-order chi connectivity index (χ1) is 16.4. The van der Waals surface area contributed by atoms with E-state index in [2.05, 4.69) is 5.32 Å². The summed E-state index contributed by atoms with van der Waals surface area (Å²) in [6.07, 6.45) is 1.74. The second-order valence-electron chi connectivity index (χ2n) is 8.72. The molecule has 1 N–H and O–H groups in total. The number of fused-ring (bicyclic) bond motifs is 1. The van der Waals surface area contributed by atoms with Crippen LogP contribution in [0.15, 0.2) is 54.6 Å². The van der Waals surface area contributed by atoms with E-state index in [9.17, 15) is 18.8 Å². The first kappa shape index (κ1) is 22.3. The molecular weight excluding hydrogens is 457 g/mol. The van der Waals surface area contributed by atoms with Gasteiger partial charge in [-0.3, -0.25) is 14.4 Å². The Balaban J connectivity index is 1.34. The highest BCUT2D eigenvalue weighted by molar-refractivity contribution is 6.33. The molecule has 1 heterocycles. The Bertz CT molecular complexity index is 1300. The summed E-state index contributed by atoms with van der Waals surface area (Å²) in [5.41, 5.74) is 1.19. The largest absolute Gasteiger partial charge is 0.335 e. The average Bonchev–Trinajstić information content (AvgIpc) is 3.69. The summed E-state index contributed by atoms with van der Waals surface area (Å²) in [6.45, 7) is 1.34. The molecule has 6 nitrogen and oxygen atoms in total. The maximum Gasteiger partial charge on any atom is 0.256 e. The number of hydrogen-bond donors (Lipinski definition) is 1. The van der Waals surface area contributed by atoms with Crippen molar-refractivity contribution < 1.29 is 18.8 Å². The lowest BCUT2D eigenvalue weighted by molar-refractivity contribution is -0.117. The summed E-state index contributed by atoms with van der Waals surface area (Å²) in [6, 6.07) is 15.1. The van der Waals surface area contributed by atoms with E-state index >= 15 is 0 Å². The van der Waals surface area contributed by atoms with Gasteiger partial charge < -0.3 is 15.1 Å². The molecule has 0 aromatic heterocycles. The Morgan fingerprint density at radius 2 is 1.41 bits per heavy atom. The molecule has 1 saturated heterocycles. The predicted molar refractivity (Wildman–Crippen MR) is 129 cm³/mol. The van der Waals surface area contributed by atoms with Gasteiger partial charge in [-0.2, -0.15) is 0 Å². The standard InChI is InChI=1S/C26H23ClFN3O3/c27-22-15-19(28)7-8-20(22)25(33)30-9-11-31(12-10-30)26(34)21-13-17-3-1-2-4-18(17)14-23(21)29-24(32)16-5-6-16/h1-4,7-8,13-16H,5-6,9-12H2,(H,29,32). The predicted octanol–water partition coefficient (Wildman–Crippen LogP) is 4.58. The topological polar surface area (TPSA) is 69.7 Å². The molecule has 1 aliphatic carbocycles. The Hall–Kier alpha value is -3.45. The van der Waals surface area contributed by atoms with Gasteiger partial charge in [-0.1, -0.05) is 35.9 Å². The fraction of sp³-hybridized carbons (Fsp3) is 0.269. The summed E-state index contributed by atoms with van der Waals surface area (Å²) < 4.78 is 13.3. The van der Waals surface area contributed by atoms with Crippen LogP contribution in [0.2, 0.25) is 5.02 Å². The molecule has 2 aliphatic rings. The van der Waals surface area contributed by atoms with Crippen LogP contribution in [0.1, 0.15) is 33.6 Å². The molecule has 1 aliphatic heterocycles. The van der Waals surface area contributed by atoms with Gasteiger partial charge in [-0.15, -0.1) is 0 Å². The number of halogens is 2. The van der Waals surface area contributed by atoms with E-state index < -0.39 is 5.82 Å². The molecular formula is C26H23ClFN3O3. The van der Waals surface area contributed by atoms with Crippen molar-refractivity contribution >= 4 is 45.8 Å². The van der Waals surface area contributed by atoms with Gasteiger partial charge in [0.15, 0.2) is 0 Å². The van der Waals surface area contributed by atoms with Crippen LogP contribution in [0.3, 0.4) is 0 Å². The van der Waals surface area contributed by atoms with Gasteiger partial charge in [0.25, 0.3) is 11.8 Å². The van der Waals surface area contributed by atoms with Gasteiger partial charge in [0.1, 0.15) is 5.82 Å². The van der Waals surface area contributed by atoms with E-state index in [0.29, 0.717) is 37.4 Å². The van der Waals surface area contributed by atoms with Crippen LogP contribution in [0, 0.1) is 11.7 Å². The first-order valence-corrected chi connectivity index (χ1v) is 11.7. The number of carbonyl (C=O) groups is 3. The number of nitrogens with zero attached hydrogens (tertiary/aromatic N) is 2. The Morgan fingerprint density at radius 1 is 0.824 bits per heavy atom. The van der Waals surface area contributed by atoms with E-state index in [4.69, 9.17) is 11.6 Å². The smallest absolute Gasteiger partial charge is 0.256 e. The molecule has 5 rings (SSSR count). The third-order valence-electron chi connectivity index (χ3n) is 6.34. The molecule has 8 heteroatoms. The van der Waals surface area contributed by atoms with Crippen molar-refractivity contribution in [2.45, 2.75) is 12.8 Å². The third-order valence-corrected chi connectivity index (χ3v) is 6.65. The highest BCUT2D eigenvalue weighted by Gasteiger charge is 2.32. The maximum absolute atomic E-state index is 13.5. The molecule has 0 bridgehead atoms. The van der Waals surface area contributed by atoms with Crippen LogP contribution in [-0.2, 0) is 4.79 Å². The van der Waals surface area contributed by atoms with E-state index in [-0.39, 0.29) is 34.2 Å². The Morgan fingerprint density at radius 3 is 2.00 bits per heavy atom. The lowest BCUT2D eigenvalue weighted by atomic mass is 10.0. The molecule has 3 aromatic rings. The number of hydrogen-bond acceptors (Lipinski definition) is 3. The highest BCUT2D eigenvalue weighted by atomic mass is 35.5. The Kier molecular flexibility index (Phi) is 5.96. The number of carbonyl (C=O) groups excluding carboxylic acids is 3. The van der Waals surface area contributed by atoms with Crippen molar-refractivity contribution in [3.05, 3.63) is 76.6 Å². The zero-order valence-electron chi connectivity index (χ0n) is 18.4. The summed E-state index contributed by atoms with van der Waals surface area (Å²) in [4.78, 5) is 42.1. The van der Waals surface area contributed by atoms with Gasteiger partial charge >= 0.3 is 0 Å². The molecule has 174 valence electrons. The van der Waals surface area contributed by atoms with Crippen molar-refractivity contribution in [1.29, 1.82) is 0 Å². The molecule has 3 aromatic carbocycles. The quantitative estimate of drug-likeness (QED) is 0.595. The SMILES string of the molecule is O=C(Nc1cc2ccccc2cc1C(=O)N1CCN(C(=O)c2ccc(F)cc2Cl)CC1)C1CC1. The molecule has 2 fully saturated rings. The van der Waals surface area contributed by atoms with E-state index in [0.717, 1.165) is 29.7 Å². The minimum Gasteiger partial charge on any atom is -0.335 e. The summed E-state index contributed by atoms with van der Waals surface area (Å²) >= 11 is 6.05. The molecule has 0 spiro atoms. The van der Waals surface area contributed by atoms with Crippen molar-refractivity contribution in [1.82, 2.24) is 9.80 Å². The van der Waals surface area contributed by atoms with Crippen LogP contribution in [0.4, 0.5) is 10.1 Å². The summed E-state index contributed by atoms with van der Waals surface area (Å²) in [5, 5.41) is 4.87. The highest BCUT2D eigenvalue weighted by Crippen LogP contribution is 2.32. The number of amides is 3. The van der Waals surface area contributed by atoms with Gasteiger partial charge in [0, 0.05) is 32.1 Å². The van der Waals surface area contributed by atoms with Gasteiger partial charge in [-0.25, -0.2) is 4.39 Å². The lowest BCUT2D eigenvalue weighted by Crippen LogP contribution is -2.50. The van der Waals surface area contributed by atoms with Crippen molar-refractivity contribution in [2.24, 2.45) is 5.92 Å². The first-order valence-electron chi connectivity index (χ1n) is 11.3. The molecule has 1 saturated carbocycles. The number of rotatable bonds is 4. The van der Waals surface area contributed by atoms with E-state index in [1.165, 1.54) is 12.1 Å². The molecule has 0 atom stereocenters. The molecule has 34 heavy (non-hydrogen) atoms. The Labute approximate surface area is 201 Å². The third kappa shape index (κ3) is 4.48. The maximum atomic E-state index is 13.5. The van der Waals surface area contributed by atoms with E-state index in [1.54, 1.807) is 9.80 Å². The number of nitrogens with one attached hydrogen (secondary N) is 1. The number of anilines is 1. The molecule has 0 radical (unpaired) electrons. The normalized spacial score (nSPS) is 15.9. The fourth-order valence-electron chi connectivity index (χ4n) is 4.22. The second-order valence-corrected chi connectivity index (χ2v) is 9.12. The van der Waals surface area contributed by atoms with Gasteiger partial charge in [0.05, 0.1) is 21.8 Å². The molecule has 0 unspecified atom stereocenters. The van der Waals surface area contributed by atoms with Crippen molar-refractivity contribution in [3.8, 4) is 0 Å². The summed E-state index contributed by atoms with van der Waals surface area (Å²) in [5.74, 6) is -1.03. The van der Waals surface area contributed by atoms with Crippen molar-refractivity contribution in [3.63, 3.8) is 0 Å². The van der Waals surface area contributed by atoms with Crippen molar-refractivity contribution in [2.75, 3.05) is 31.5 Å². The number of benzene rings is 3. The van der Waals surface area contributed by atoms with Crippen LogP contribution in [0.25, 0.3) is 10.8 Å². The minimum absolute atomic E-state index is 0.0160. The van der Waals surface area contributed by atoms with Crippen LogP contribution in [0.5, 0.6) is 0 Å². The van der Waals surface area contributed by atoms with Gasteiger partial charge in [-0.05, 0) is 53.9 Å². The fourth-order valence-corrected chi connectivity index (χ4v) is 4.47. The average molecular weight is 480 g/mol.